The van der Waals surface area contributed by atoms with Gasteiger partial charge in [0.05, 0.1) is 6.42 Å². The first kappa shape index (κ1) is 21.3. The Kier molecular flexibility index (Phi) is 6.03. The van der Waals surface area contributed by atoms with Crippen LogP contribution in [0.1, 0.15) is 34.3 Å². The van der Waals surface area contributed by atoms with Crippen LogP contribution in [-0.4, -0.2) is 22.9 Å². The van der Waals surface area contributed by atoms with Crippen molar-refractivity contribution >= 4 is 29.2 Å². The molecule has 3 N–H and O–H groups in total. The SMILES string of the molecule is Cc1ccc(NC(=O)Nc2ccc(-c3ccc4c(c3)CCC(CC(=O)O)C4=O)cc2)cc1. The molecule has 6 nitrogen and oxygen atoms in total. The third kappa shape index (κ3) is 4.86. The van der Waals surface area contributed by atoms with Gasteiger partial charge in [-0.3, -0.25) is 9.59 Å². The van der Waals surface area contributed by atoms with Gasteiger partial charge in [0.1, 0.15) is 0 Å². The number of ketones is 1. The lowest BCUT2D eigenvalue weighted by Gasteiger charge is -2.22. The molecule has 1 aliphatic rings. The minimum absolute atomic E-state index is 0.0839. The Hall–Kier alpha value is -3.93. The van der Waals surface area contributed by atoms with E-state index >= 15 is 0 Å². The zero-order valence-electron chi connectivity index (χ0n) is 17.7. The Labute approximate surface area is 186 Å². The van der Waals surface area contributed by atoms with E-state index < -0.39 is 11.9 Å². The number of carboxylic acids is 1. The lowest BCUT2D eigenvalue weighted by Crippen LogP contribution is -2.24. The smallest absolute Gasteiger partial charge is 0.323 e. The van der Waals surface area contributed by atoms with Gasteiger partial charge in [0.15, 0.2) is 5.78 Å². The number of carbonyl (C=O) groups excluding carboxylic acids is 2. The molecule has 0 saturated heterocycles. The summed E-state index contributed by atoms with van der Waals surface area (Å²) in [7, 11) is 0. The third-order valence-electron chi connectivity index (χ3n) is 5.71. The topological polar surface area (TPSA) is 95.5 Å². The fourth-order valence-electron chi connectivity index (χ4n) is 3.98. The monoisotopic (exact) mass is 428 g/mol. The summed E-state index contributed by atoms with van der Waals surface area (Å²) in [6.07, 6.45) is 1.12. The number of hydrogen-bond acceptors (Lipinski definition) is 3. The van der Waals surface area contributed by atoms with Crippen LogP contribution in [0.5, 0.6) is 0 Å². The molecular formula is C26H24N2O4. The van der Waals surface area contributed by atoms with Crippen LogP contribution >= 0.6 is 0 Å². The summed E-state index contributed by atoms with van der Waals surface area (Å²) in [5, 5.41) is 14.6. The second-order valence-corrected chi connectivity index (χ2v) is 8.09. The van der Waals surface area contributed by atoms with Gasteiger partial charge in [0.25, 0.3) is 0 Å². The maximum atomic E-state index is 12.6. The molecule has 1 atom stereocenters. The molecule has 2 amide bonds. The molecule has 0 spiro atoms. The van der Waals surface area contributed by atoms with Crippen molar-refractivity contribution < 1.29 is 19.5 Å². The Morgan fingerprint density at radius 3 is 2.12 bits per heavy atom. The normalized spacial score (nSPS) is 15.0. The highest BCUT2D eigenvalue weighted by atomic mass is 16.4. The summed E-state index contributed by atoms with van der Waals surface area (Å²) in [5.41, 5.74) is 6.03. The van der Waals surface area contributed by atoms with Crippen LogP contribution in [0.15, 0.2) is 66.7 Å². The Bertz CT molecular complexity index is 1170. The lowest BCUT2D eigenvalue weighted by molar-refractivity contribution is -0.137. The number of hydrogen-bond donors (Lipinski definition) is 3. The van der Waals surface area contributed by atoms with Gasteiger partial charge < -0.3 is 15.7 Å². The Balaban J connectivity index is 1.43. The number of benzene rings is 3. The van der Waals surface area contributed by atoms with Gasteiger partial charge in [-0.05, 0) is 60.7 Å². The van der Waals surface area contributed by atoms with Gasteiger partial charge in [-0.2, -0.15) is 0 Å². The first-order chi connectivity index (χ1) is 15.4. The van der Waals surface area contributed by atoms with Crippen LogP contribution in [0.2, 0.25) is 0 Å². The molecule has 0 heterocycles. The van der Waals surface area contributed by atoms with E-state index in [-0.39, 0.29) is 18.2 Å². The van der Waals surface area contributed by atoms with Crippen molar-refractivity contribution in [2.45, 2.75) is 26.2 Å². The molecule has 6 heteroatoms. The van der Waals surface area contributed by atoms with Gasteiger partial charge in [-0.15, -0.1) is 0 Å². The van der Waals surface area contributed by atoms with E-state index in [1.165, 1.54) is 0 Å². The summed E-state index contributed by atoms with van der Waals surface area (Å²) in [6, 6.07) is 20.4. The average Bonchev–Trinajstić information content (AvgIpc) is 2.77. The molecule has 0 saturated carbocycles. The molecule has 32 heavy (non-hydrogen) atoms. The first-order valence-corrected chi connectivity index (χ1v) is 10.5. The van der Waals surface area contributed by atoms with Gasteiger partial charge in [-0.1, -0.05) is 48.0 Å². The van der Waals surface area contributed by atoms with E-state index in [4.69, 9.17) is 5.11 Å². The molecule has 162 valence electrons. The van der Waals surface area contributed by atoms with Crippen molar-refractivity contribution in [1.29, 1.82) is 0 Å². The van der Waals surface area contributed by atoms with E-state index in [2.05, 4.69) is 10.6 Å². The Morgan fingerprint density at radius 1 is 0.906 bits per heavy atom. The van der Waals surface area contributed by atoms with Crippen molar-refractivity contribution in [2.24, 2.45) is 5.92 Å². The average molecular weight is 428 g/mol. The van der Waals surface area contributed by atoms with Crippen molar-refractivity contribution in [3.63, 3.8) is 0 Å². The molecule has 3 aromatic carbocycles. The maximum Gasteiger partial charge on any atom is 0.323 e. The summed E-state index contributed by atoms with van der Waals surface area (Å²) in [4.78, 5) is 35.8. The summed E-state index contributed by atoms with van der Waals surface area (Å²) >= 11 is 0. The number of Topliss-reactive ketones (excluding diaryl/α,β-unsaturated/α-hetero) is 1. The van der Waals surface area contributed by atoms with E-state index in [0.29, 0.717) is 24.1 Å². The molecule has 0 fully saturated rings. The Morgan fingerprint density at radius 2 is 1.50 bits per heavy atom. The molecule has 3 aromatic rings. The molecule has 4 rings (SSSR count). The predicted octanol–water partition coefficient (Wildman–Crippen LogP) is 5.53. The standard InChI is InChI=1S/C26H24N2O4/c1-16-2-9-21(10-3-16)27-26(32)28-22-11-6-17(7-12-22)18-8-13-23-19(14-18)4-5-20(25(23)31)15-24(29)30/h2-3,6-14,20H,4-5,15H2,1H3,(H,29,30)(H2,27,28,32). The highest BCUT2D eigenvalue weighted by Gasteiger charge is 2.29. The van der Waals surface area contributed by atoms with E-state index in [9.17, 15) is 14.4 Å². The lowest BCUT2D eigenvalue weighted by atomic mass is 9.80. The highest BCUT2D eigenvalue weighted by molar-refractivity contribution is 6.02. The zero-order valence-corrected chi connectivity index (χ0v) is 17.7. The summed E-state index contributed by atoms with van der Waals surface area (Å²) in [5.74, 6) is -1.47. The van der Waals surface area contributed by atoms with Crippen LogP contribution in [0, 0.1) is 12.8 Å². The molecule has 0 aromatic heterocycles. The first-order valence-electron chi connectivity index (χ1n) is 10.5. The third-order valence-corrected chi connectivity index (χ3v) is 5.71. The van der Waals surface area contributed by atoms with Crippen molar-refractivity contribution in [3.05, 3.63) is 83.4 Å². The largest absolute Gasteiger partial charge is 0.481 e. The van der Waals surface area contributed by atoms with Gasteiger partial charge in [0, 0.05) is 22.9 Å². The van der Waals surface area contributed by atoms with E-state index in [0.717, 1.165) is 27.9 Å². The maximum absolute atomic E-state index is 12.6. The van der Waals surface area contributed by atoms with Crippen molar-refractivity contribution in [2.75, 3.05) is 10.6 Å². The van der Waals surface area contributed by atoms with Crippen molar-refractivity contribution in [3.8, 4) is 11.1 Å². The quantitative estimate of drug-likeness (QED) is 0.498. The number of anilines is 2. The van der Waals surface area contributed by atoms with E-state index in [1.54, 1.807) is 6.07 Å². The van der Waals surface area contributed by atoms with Gasteiger partial charge >= 0.3 is 12.0 Å². The molecule has 0 aliphatic heterocycles. The molecule has 0 radical (unpaired) electrons. The summed E-state index contributed by atoms with van der Waals surface area (Å²) < 4.78 is 0. The van der Waals surface area contributed by atoms with Crippen LogP contribution in [0.3, 0.4) is 0 Å². The number of nitrogens with one attached hydrogen (secondary N) is 2. The predicted molar refractivity (Wildman–Crippen MR) is 124 cm³/mol. The number of amides is 2. The number of aryl methyl sites for hydroxylation is 2. The van der Waals surface area contributed by atoms with Crippen LogP contribution < -0.4 is 10.6 Å². The number of fused-ring (bicyclic) bond motifs is 1. The van der Waals surface area contributed by atoms with Crippen molar-refractivity contribution in [1.82, 2.24) is 0 Å². The second-order valence-electron chi connectivity index (χ2n) is 8.09. The summed E-state index contributed by atoms with van der Waals surface area (Å²) in [6.45, 7) is 1.99. The minimum Gasteiger partial charge on any atom is -0.481 e. The number of carbonyl (C=O) groups is 3. The highest BCUT2D eigenvalue weighted by Crippen LogP contribution is 2.31. The molecule has 0 bridgehead atoms. The minimum atomic E-state index is -0.940. The second kappa shape index (κ2) is 9.06. The number of urea groups is 1. The zero-order chi connectivity index (χ0) is 22.7. The molecular weight excluding hydrogens is 404 g/mol. The van der Waals surface area contributed by atoms with Crippen LogP contribution in [0.25, 0.3) is 11.1 Å². The fraction of sp³-hybridized carbons (Fsp3) is 0.192. The van der Waals surface area contributed by atoms with E-state index in [1.807, 2.05) is 67.6 Å². The molecule has 1 unspecified atom stereocenters. The molecule has 1 aliphatic carbocycles. The fourth-order valence-corrected chi connectivity index (χ4v) is 3.98. The van der Waals surface area contributed by atoms with Gasteiger partial charge in [0.2, 0.25) is 0 Å². The number of rotatable bonds is 5. The van der Waals surface area contributed by atoms with Gasteiger partial charge in [-0.25, -0.2) is 4.79 Å². The number of aliphatic carboxylic acids is 1. The van der Waals surface area contributed by atoms with Crippen LogP contribution in [-0.2, 0) is 11.2 Å². The number of carboxylic acid groups (broad SMARTS) is 1. The van der Waals surface area contributed by atoms with Crippen LogP contribution in [0.4, 0.5) is 16.2 Å².